The van der Waals surface area contributed by atoms with E-state index in [1.807, 2.05) is 0 Å². The average molecular weight is 921 g/mol. The zero-order valence-electron chi connectivity index (χ0n) is 38.5. The first-order chi connectivity index (χ1) is 30.9. The molecule has 1 unspecified atom stereocenters. The molecule has 1 saturated carbocycles. The predicted molar refractivity (Wildman–Crippen MR) is 242 cm³/mol. The molecule has 0 aromatic heterocycles. The lowest BCUT2D eigenvalue weighted by molar-refractivity contribution is -0.134. The number of amides is 4. The fraction of sp³-hybridized carbons (Fsp3) is 0.756. The monoisotopic (exact) mass is 921 g/mol. The van der Waals surface area contributed by atoms with Crippen molar-refractivity contribution in [2.45, 2.75) is 109 Å². The fourth-order valence-corrected chi connectivity index (χ4v) is 8.11. The lowest BCUT2D eigenvalue weighted by atomic mass is 9.78. The van der Waals surface area contributed by atoms with Gasteiger partial charge >= 0.3 is 0 Å². The predicted octanol–water partition coefficient (Wildman–Crippen LogP) is 2.60. The second-order valence-corrected chi connectivity index (χ2v) is 16.8. The van der Waals surface area contributed by atoms with Crippen molar-refractivity contribution in [3.63, 3.8) is 0 Å². The largest absolute Gasteiger partial charge is 0.377 e. The highest BCUT2D eigenvalue weighted by Gasteiger charge is 2.42. The van der Waals surface area contributed by atoms with E-state index in [0.717, 1.165) is 0 Å². The van der Waals surface area contributed by atoms with Crippen molar-refractivity contribution in [2.75, 3.05) is 106 Å². The van der Waals surface area contributed by atoms with Gasteiger partial charge < -0.3 is 58.7 Å². The van der Waals surface area contributed by atoms with Crippen molar-refractivity contribution in [3.8, 4) is 43.1 Å². The number of nitriles is 1. The van der Waals surface area contributed by atoms with Gasteiger partial charge in [-0.05, 0) is 59.8 Å². The molecule has 1 rings (SSSR count). The van der Waals surface area contributed by atoms with E-state index >= 15 is 0 Å². The van der Waals surface area contributed by atoms with Crippen molar-refractivity contribution < 1.29 is 56.6 Å². The normalized spacial score (nSPS) is 15.0. The van der Waals surface area contributed by atoms with Gasteiger partial charge in [-0.1, -0.05) is 17.8 Å². The Bertz CT molecular complexity index is 1370. The van der Waals surface area contributed by atoms with E-state index < -0.39 is 20.0 Å². The number of nitrogens with zero attached hydrogens (tertiary/aromatic N) is 2. The van der Waals surface area contributed by atoms with Gasteiger partial charge in [0.05, 0.1) is 84.7 Å². The summed E-state index contributed by atoms with van der Waals surface area (Å²) in [7, 11) is -1.50. The smallest absolute Gasteiger partial charge is 0.259 e. The highest BCUT2D eigenvalue weighted by atomic mass is 31.2. The van der Waals surface area contributed by atoms with Gasteiger partial charge in [0.2, 0.25) is 23.6 Å². The number of hydrogen-bond donors (Lipinski definition) is 4. The van der Waals surface area contributed by atoms with Crippen molar-refractivity contribution in [2.24, 2.45) is 5.92 Å². The second-order valence-electron chi connectivity index (χ2n) is 15.4. The molecule has 0 saturated heterocycles. The van der Waals surface area contributed by atoms with Gasteiger partial charge in [0, 0.05) is 62.4 Å². The summed E-state index contributed by atoms with van der Waals surface area (Å²) in [6.07, 6.45) is 16.8. The van der Waals surface area contributed by atoms with Crippen LogP contribution in [-0.2, 0) is 56.6 Å². The van der Waals surface area contributed by atoms with Gasteiger partial charge in [0.1, 0.15) is 19.8 Å². The van der Waals surface area contributed by atoms with Crippen molar-refractivity contribution in [1.82, 2.24) is 25.9 Å². The van der Waals surface area contributed by atoms with Gasteiger partial charge in [-0.15, -0.1) is 19.3 Å². The van der Waals surface area contributed by atoms with E-state index in [2.05, 4.69) is 77.5 Å². The first-order valence-electron chi connectivity index (χ1n) is 22.1. The summed E-state index contributed by atoms with van der Waals surface area (Å²) in [5.74, 6) is 5.61. The third kappa shape index (κ3) is 28.1. The maximum Gasteiger partial charge on any atom is 0.259 e. The molecular formula is C45H73N6O12P. The van der Waals surface area contributed by atoms with E-state index in [-0.39, 0.29) is 153 Å². The molecule has 0 spiro atoms. The van der Waals surface area contributed by atoms with Crippen LogP contribution in [0.4, 0.5) is 0 Å². The van der Waals surface area contributed by atoms with Gasteiger partial charge in [0.15, 0.2) is 0 Å². The van der Waals surface area contributed by atoms with Gasteiger partial charge in [-0.25, -0.2) is 4.67 Å². The Labute approximate surface area is 382 Å². The molecule has 1 fully saturated rings. The van der Waals surface area contributed by atoms with Crippen LogP contribution in [-0.4, -0.2) is 158 Å². The molecule has 0 bridgehead atoms. The number of nitrogens with one attached hydrogen (secondary N) is 4. The summed E-state index contributed by atoms with van der Waals surface area (Å²) in [4.78, 5) is 53.7. The summed E-state index contributed by atoms with van der Waals surface area (Å²) < 4.78 is 46.8. The van der Waals surface area contributed by atoms with E-state index in [4.69, 9.17) is 62.0 Å². The maximum atomic E-state index is 14.1. The molecule has 1 atom stereocenters. The SMILES string of the molecule is C#CCOCCOCCNC(=O)CCC(CCC(=O)NCCOCCOCC#C)(CCC(=O)NCCOCCOCC#C)NC(=O)C1CC(OP(OCCC#N)N(C(C)C)C(C)C)C1. The molecule has 18 nitrogen and oxygen atoms in total. The van der Waals surface area contributed by atoms with Crippen molar-refractivity contribution in [1.29, 1.82) is 5.26 Å². The Morgan fingerprint density at radius 3 is 1.39 bits per heavy atom. The van der Waals surface area contributed by atoms with Gasteiger partial charge in [-0.3, -0.25) is 19.2 Å². The Morgan fingerprint density at radius 2 is 1.03 bits per heavy atom. The molecule has 0 radical (unpaired) electrons. The average Bonchev–Trinajstić information content (AvgIpc) is 3.24. The number of hydrogen-bond acceptors (Lipinski definition) is 14. The first-order valence-corrected chi connectivity index (χ1v) is 23.2. The Balaban J connectivity index is 3.15. The van der Waals surface area contributed by atoms with Crippen molar-refractivity contribution >= 4 is 32.2 Å². The minimum atomic E-state index is -1.50. The second kappa shape index (κ2) is 37.4. The molecule has 1 aliphatic carbocycles. The summed E-state index contributed by atoms with van der Waals surface area (Å²) in [5, 5.41) is 20.8. The molecule has 4 N–H and O–H groups in total. The van der Waals surface area contributed by atoms with E-state index in [1.165, 1.54) is 0 Å². The van der Waals surface area contributed by atoms with E-state index in [0.29, 0.717) is 52.5 Å². The standard InChI is InChI=1S/C45H73N6O12P/c1-8-22-56-29-32-59-26-19-47-41(52)12-15-45(16-13-42(53)48-20-27-60-33-30-57-23-9-2,17-14-43(54)49-21-28-61-34-31-58-24-10-3)50-44(55)39-35-40(36-39)63-64(62-25-11-18-46)51(37(4)5)38(6)7/h1-3,37-40H,11-17,19-36H2,4-7H3,(H,47,52)(H,48,53)(H,49,54)(H,50,55). The summed E-state index contributed by atoms with van der Waals surface area (Å²) >= 11 is 0. The molecule has 0 heterocycles. The number of ether oxygens (including phenoxy) is 6. The van der Waals surface area contributed by atoms with Crippen LogP contribution in [0.1, 0.15) is 85.5 Å². The van der Waals surface area contributed by atoms with Crippen LogP contribution >= 0.6 is 8.53 Å². The Hall–Kier alpha value is -3.88. The van der Waals surface area contributed by atoms with Crippen LogP contribution in [0, 0.1) is 54.3 Å². The molecule has 64 heavy (non-hydrogen) atoms. The lowest BCUT2D eigenvalue weighted by Gasteiger charge is -2.43. The zero-order valence-corrected chi connectivity index (χ0v) is 39.4. The van der Waals surface area contributed by atoms with Gasteiger partial charge in [0.25, 0.3) is 8.53 Å². The first kappa shape index (κ1) is 58.1. The fourth-order valence-electron chi connectivity index (χ4n) is 6.38. The summed E-state index contributed by atoms with van der Waals surface area (Å²) in [5.41, 5.74) is -1.12. The molecule has 19 heteroatoms. The van der Waals surface area contributed by atoms with E-state index in [9.17, 15) is 19.2 Å². The van der Waals surface area contributed by atoms with E-state index in [1.54, 1.807) is 0 Å². The van der Waals surface area contributed by atoms with Crippen molar-refractivity contribution in [3.05, 3.63) is 0 Å². The van der Waals surface area contributed by atoms with Gasteiger partial charge in [-0.2, -0.15) is 5.26 Å². The molecular weight excluding hydrogens is 847 g/mol. The molecule has 4 amide bonds. The third-order valence-corrected chi connectivity index (χ3v) is 11.8. The third-order valence-electron chi connectivity index (χ3n) is 9.63. The lowest BCUT2D eigenvalue weighted by Crippen LogP contribution is -2.54. The Kier molecular flexibility index (Phi) is 33.9. The summed E-state index contributed by atoms with van der Waals surface area (Å²) in [6.45, 7) is 12.4. The molecule has 0 aromatic carbocycles. The number of carbonyl (C=O) groups is 4. The zero-order chi connectivity index (χ0) is 47.3. The van der Waals surface area contributed by atoms with Crippen LogP contribution in [0.25, 0.3) is 0 Å². The minimum Gasteiger partial charge on any atom is -0.377 e. The highest BCUT2D eigenvalue weighted by molar-refractivity contribution is 7.44. The summed E-state index contributed by atoms with van der Waals surface area (Å²) in [6, 6.07) is 2.33. The highest BCUT2D eigenvalue weighted by Crippen LogP contribution is 2.50. The minimum absolute atomic E-state index is 0.000937. The molecule has 0 aromatic rings. The topological polar surface area (TPSA) is 217 Å². The van der Waals surface area contributed by atoms with Crippen LogP contribution < -0.4 is 21.3 Å². The van der Waals surface area contributed by atoms with Crippen LogP contribution in [0.15, 0.2) is 0 Å². The Morgan fingerprint density at radius 1 is 0.641 bits per heavy atom. The quantitative estimate of drug-likeness (QED) is 0.0395. The number of terminal acetylenes is 3. The van der Waals surface area contributed by atoms with Crippen LogP contribution in [0.2, 0.25) is 0 Å². The molecule has 360 valence electrons. The molecule has 1 aliphatic rings. The number of carbonyl (C=O) groups excluding carboxylic acids is 4. The van der Waals surface area contributed by atoms with Crippen LogP contribution in [0.3, 0.4) is 0 Å². The molecule has 0 aliphatic heterocycles. The number of rotatable bonds is 40. The maximum absolute atomic E-state index is 14.1. The van der Waals surface area contributed by atoms with Crippen LogP contribution in [0.5, 0.6) is 0 Å².